The summed E-state index contributed by atoms with van der Waals surface area (Å²) in [5.41, 5.74) is 1.69. The number of carbonyl (C=O) groups is 1. The number of hydrogen-bond donors (Lipinski definition) is 1. The first-order valence-electron chi connectivity index (χ1n) is 8.69. The third-order valence-corrected chi connectivity index (χ3v) is 4.25. The normalized spacial score (nSPS) is 10.6. The largest absolute Gasteiger partial charge is 0.350 e. The quantitative estimate of drug-likeness (QED) is 0.677. The van der Waals surface area contributed by atoms with Gasteiger partial charge in [0.25, 0.3) is 0 Å². The van der Waals surface area contributed by atoms with Crippen LogP contribution in [0.1, 0.15) is 16.7 Å². The Balaban J connectivity index is 1.65. The van der Waals surface area contributed by atoms with E-state index in [1.165, 1.54) is 17.0 Å². The van der Waals surface area contributed by atoms with Gasteiger partial charge in [-0.25, -0.2) is 0 Å². The SMILES string of the molecule is Cc1ccc(CNC(=O)Cn2ccn(Cc3ccccc3)c(=O)c2=O)cc1. The third kappa shape index (κ3) is 4.82. The summed E-state index contributed by atoms with van der Waals surface area (Å²) in [6, 6.07) is 17.2. The molecule has 0 fully saturated rings. The van der Waals surface area contributed by atoms with E-state index in [-0.39, 0.29) is 12.5 Å². The number of nitrogens with one attached hydrogen (secondary N) is 1. The maximum absolute atomic E-state index is 12.3. The molecule has 0 atom stereocenters. The molecule has 0 bridgehead atoms. The zero-order valence-electron chi connectivity index (χ0n) is 15.1. The molecule has 2 aromatic carbocycles. The van der Waals surface area contributed by atoms with Gasteiger partial charge in [0.1, 0.15) is 6.54 Å². The predicted molar refractivity (Wildman–Crippen MR) is 104 cm³/mol. The molecule has 0 saturated carbocycles. The van der Waals surface area contributed by atoms with E-state index < -0.39 is 11.1 Å². The maximum atomic E-state index is 12.3. The van der Waals surface area contributed by atoms with Crippen LogP contribution >= 0.6 is 0 Å². The molecule has 0 aliphatic carbocycles. The number of benzene rings is 2. The summed E-state index contributed by atoms with van der Waals surface area (Å²) in [5.74, 6) is -0.321. The van der Waals surface area contributed by atoms with Crippen LogP contribution in [0.15, 0.2) is 76.6 Å². The lowest BCUT2D eigenvalue weighted by atomic mass is 10.1. The Morgan fingerprint density at radius 2 is 1.48 bits per heavy atom. The minimum Gasteiger partial charge on any atom is -0.350 e. The number of rotatable bonds is 6. The van der Waals surface area contributed by atoms with Gasteiger partial charge >= 0.3 is 11.1 Å². The number of aromatic nitrogens is 2. The van der Waals surface area contributed by atoms with Crippen LogP contribution in [0, 0.1) is 6.92 Å². The van der Waals surface area contributed by atoms with E-state index in [2.05, 4.69) is 5.32 Å². The molecular weight excluding hydrogens is 342 g/mol. The van der Waals surface area contributed by atoms with E-state index in [9.17, 15) is 14.4 Å². The number of carbonyl (C=O) groups excluding carboxylic acids is 1. The van der Waals surface area contributed by atoms with Crippen LogP contribution in [0.25, 0.3) is 0 Å². The molecule has 3 aromatic rings. The van der Waals surface area contributed by atoms with Crippen molar-refractivity contribution in [2.75, 3.05) is 0 Å². The lowest BCUT2D eigenvalue weighted by Crippen LogP contribution is -2.43. The van der Waals surface area contributed by atoms with Gasteiger partial charge < -0.3 is 9.88 Å². The van der Waals surface area contributed by atoms with Crippen molar-refractivity contribution < 1.29 is 4.79 Å². The number of nitrogens with zero attached hydrogens (tertiary/aromatic N) is 2. The molecule has 0 radical (unpaired) electrons. The lowest BCUT2D eigenvalue weighted by Gasteiger charge is -2.10. The third-order valence-electron chi connectivity index (χ3n) is 4.25. The molecule has 0 aliphatic heterocycles. The Morgan fingerprint density at radius 1 is 0.852 bits per heavy atom. The molecule has 1 heterocycles. The van der Waals surface area contributed by atoms with E-state index in [4.69, 9.17) is 0 Å². The summed E-state index contributed by atoms with van der Waals surface area (Å²) in [5, 5.41) is 2.76. The molecule has 0 saturated heterocycles. The Hall–Kier alpha value is -3.41. The topological polar surface area (TPSA) is 73.1 Å². The van der Waals surface area contributed by atoms with Gasteiger partial charge in [-0.05, 0) is 18.1 Å². The Morgan fingerprint density at radius 3 is 2.19 bits per heavy atom. The van der Waals surface area contributed by atoms with Gasteiger partial charge in [0, 0.05) is 18.9 Å². The molecule has 6 nitrogen and oxygen atoms in total. The first-order valence-corrected chi connectivity index (χ1v) is 8.69. The Kier molecular flexibility index (Phi) is 5.66. The second-order valence-electron chi connectivity index (χ2n) is 6.41. The van der Waals surface area contributed by atoms with E-state index in [0.29, 0.717) is 13.1 Å². The van der Waals surface area contributed by atoms with Crippen LogP contribution in [0.5, 0.6) is 0 Å². The highest BCUT2D eigenvalue weighted by atomic mass is 16.2. The summed E-state index contributed by atoms with van der Waals surface area (Å²) in [6.45, 7) is 2.50. The van der Waals surface area contributed by atoms with Crippen molar-refractivity contribution in [3.8, 4) is 0 Å². The highest BCUT2D eigenvalue weighted by Crippen LogP contribution is 2.02. The smallest absolute Gasteiger partial charge is 0.316 e. The zero-order valence-corrected chi connectivity index (χ0v) is 15.1. The fourth-order valence-corrected chi connectivity index (χ4v) is 2.69. The molecule has 138 valence electrons. The molecule has 1 N–H and O–H groups in total. The molecule has 0 spiro atoms. The number of hydrogen-bond acceptors (Lipinski definition) is 3. The van der Waals surface area contributed by atoms with Gasteiger partial charge in [-0.15, -0.1) is 0 Å². The van der Waals surface area contributed by atoms with Crippen molar-refractivity contribution in [1.82, 2.24) is 14.5 Å². The number of aryl methyl sites for hydroxylation is 1. The minimum atomic E-state index is -0.709. The van der Waals surface area contributed by atoms with Gasteiger partial charge in [0.2, 0.25) is 5.91 Å². The van der Waals surface area contributed by atoms with Gasteiger partial charge in [-0.2, -0.15) is 0 Å². The first kappa shape index (κ1) is 18.4. The first-order chi connectivity index (χ1) is 13.0. The van der Waals surface area contributed by atoms with Crippen molar-refractivity contribution in [3.05, 3.63) is 104 Å². The van der Waals surface area contributed by atoms with Crippen LogP contribution in [-0.2, 0) is 24.4 Å². The fourth-order valence-electron chi connectivity index (χ4n) is 2.69. The van der Waals surface area contributed by atoms with Crippen molar-refractivity contribution in [2.24, 2.45) is 0 Å². The predicted octanol–water partition coefficient (Wildman–Crippen LogP) is 1.68. The summed E-state index contributed by atoms with van der Waals surface area (Å²) >= 11 is 0. The minimum absolute atomic E-state index is 0.188. The molecular formula is C21H21N3O3. The molecule has 3 rings (SSSR count). The van der Waals surface area contributed by atoms with E-state index in [1.807, 2.05) is 61.5 Å². The van der Waals surface area contributed by atoms with Crippen molar-refractivity contribution in [2.45, 2.75) is 26.6 Å². The molecule has 27 heavy (non-hydrogen) atoms. The Bertz CT molecular complexity index is 1030. The van der Waals surface area contributed by atoms with Gasteiger partial charge in [0.05, 0.1) is 6.54 Å². The van der Waals surface area contributed by atoms with E-state index in [1.54, 1.807) is 0 Å². The Labute approximate surface area is 156 Å². The standard InChI is InChI=1S/C21H21N3O3/c1-16-7-9-17(10-8-16)13-22-19(25)15-24-12-11-23(20(26)21(24)27)14-18-5-3-2-4-6-18/h2-12H,13-15H2,1H3,(H,22,25). The highest BCUT2D eigenvalue weighted by Gasteiger charge is 2.09. The molecule has 0 aliphatic rings. The molecule has 1 aromatic heterocycles. The van der Waals surface area contributed by atoms with Gasteiger partial charge in [0.15, 0.2) is 0 Å². The lowest BCUT2D eigenvalue weighted by molar-refractivity contribution is -0.121. The van der Waals surface area contributed by atoms with Crippen LogP contribution < -0.4 is 16.4 Å². The van der Waals surface area contributed by atoms with Crippen molar-refractivity contribution in [1.29, 1.82) is 0 Å². The van der Waals surface area contributed by atoms with E-state index in [0.717, 1.165) is 21.3 Å². The van der Waals surface area contributed by atoms with Crippen LogP contribution in [0.3, 0.4) is 0 Å². The van der Waals surface area contributed by atoms with Crippen molar-refractivity contribution in [3.63, 3.8) is 0 Å². The summed E-state index contributed by atoms with van der Waals surface area (Å²) in [6.07, 6.45) is 3.00. The van der Waals surface area contributed by atoms with Crippen LogP contribution in [0.2, 0.25) is 0 Å². The van der Waals surface area contributed by atoms with Gasteiger partial charge in [-0.3, -0.25) is 19.0 Å². The average molecular weight is 363 g/mol. The second kappa shape index (κ2) is 8.31. The van der Waals surface area contributed by atoms with Crippen LogP contribution in [-0.4, -0.2) is 15.0 Å². The second-order valence-corrected chi connectivity index (χ2v) is 6.41. The summed E-state index contributed by atoms with van der Waals surface area (Å²) in [4.78, 5) is 36.7. The molecule has 1 amide bonds. The highest BCUT2D eigenvalue weighted by molar-refractivity contribution is 5.75. The fraction of sp³-hybridized carbons (Fsp3) is 0.190. The van der Waals surface area contributed by atoms with Gasteiger partial charge in [-0.1, -0.05) is 60.2 Å². The van der Waals surface area contributed by atoms with Crippen LogP contribution in [0.4, 0.5) is 0 Å². The summed E-state index contributed by atoms with van der Waals surface area (Å²) < 4.78 is 2.48. The van der Waals surface area contributed by atoms with Crippen molar-refractivity contribution >= 4 is 5.91 Å². The maximum Gasteiger partial charge on any atom is 0.316 e. The number of amides is 1. The molecule has 0 unspecified atom stereocenters. The molecule has 6 heteroatoms. The summed E-state index contributed by atoms with van der Waals surface area (Å²) in [7, 11) is 0. The average Bonchev–Trinajstić information content (AvgIpc) is 2.68. The monoisotopic (exact) mass is 363 g/mol. The zero-order chi connectivity index (χ0) is 19.2. The van der Waals surface area contributed by atoms with E-state index >= 15 is 0 Å².